The van der Waals surface area contributed by atoms with E-state index in [0.717, 1.165) is 6.42 Å². The Bertz CT molecular complexity index is 1030. The van der Waals surface area contributed by atoms with E-state index in [1.165, 1.54) is 11.1 Å². The number of benzene rings is 2. The zero-order chi connectivity index (χ0) is 24.4. The normalized spacial score (nSPS) is 23.2. The molecule has 5 nitrogen and oxygen atoms in total. The highest BCUT2D eigenvalue weighted by Gasteiger charge is 2.61. The molecule has 0 aromatic heterocycles. The van der Waals surface area contributed by atoms with Gasteiger partial charge in [-0.25, -0.2) is 8.42 Å². The van der Waals surface area contributed by atoms with Crippen molar-refractivity contribution in [3.63, 3.8) is 0 Å². The molecule has 0 radical (unpaired) electrons. The predicted octanol–water partition coefficient (Wildman–Crippen LogP) is 5.17. The largest absolute Gasteiger partial charge is 0.418 e. The van der Waals surface area contributed by atoms with E-state index < -0.39 is 33.4 Å². The lowest BCUT2D eigenvalue weighted by Gasteiger charge is -2.28. The average molecular weight is 485 g/mol. The van der Waals surface area contributed by atoms with E-state index in [1.54, 1.807) is 62.6 Å². The maximum Gasteiger partial charge on any atom is 0.418 e. The van der Waals surface area contributed by atoms with Crippen LogP contribution >= 0.6 is 0 Å². The van der Waals surface area contributed by atoms with Gasteiger partial charge in [-0.3, -0.25) is 4.84 Å². The molecule has 33 heavy (non-hydrogen) atoms. The van der Waals surface area contributed by atoms with Crippen LogP contribution in [-0.4, -0.2) is 56.6 Å². The Hall–Kier alpha value is -1.94. The SMILES string of the molecule is CCCCN1O[C@H](C(F)(F)F)[C@@H](S(=O)(=O)c2ccccc2[C@H](C)N(C)C)[C@@H]1c1ccccc1. The molecule has 1 aliphatic heterocycles. The van der Waals surface area contributed by atoms with Gasteiger partial charge in [0.2, 0.25) is 0 Å². The molecule has 0 saturated carbocycles. The Morgan fingerprint density at radius 1 is 1.06 bits per heavy atom. The van der Waals surface area contributed by atoms with Crippen LogP contribution in [0.15, 0.2) is 59.5 Å². The molecule has 1 heterocycles. The van der Waals surface area contributed by atoms with Crippen molar-refractivity contribution in [1.82, 2.24) is 9.96 Å². The number of hydrogen-bond donors (Lipinski definition) is 0. The van der Waals surface area contributed by atoms with Crippen molar-refractivity contribution in [1.29, 1.82) is 0 Å². The summed E-state index contributed by atoms with van der Waals surface area (Å²) in [6.07, 6.45) is -6.01. The first-order valence-corrected chi connectivity index (χ1v) is 12.6. The van der Waals surface area contributed by atoms with E-state index in [-0.39, 0.29) is 17.5 Å². The smallest absolute Gasteiger partial charge is 0.303 e. The van der Waals surface area contributed by atoms with Gasteiger partial charge < -0.3 is 4.90 Å². The lowest BCUT2D eigenvalue weighted by Crippen LogP contribution is -2.43. The molecule has 0 bridgehead atoms. The summed E-state index contributed by atoms with van der Waals surface area (Å²) in [4.78, 5) is 7.11. The highest BCUT2D eigenvalue weighted by atomic mass is 32.2. The Kier molecular flexibility index (Phi) is 7.88. The van der Waals surface area contributed by atoms with Crippen LogP contribution in [0.25, 0.3) is 0 Å². The van der Waals surface area contributed by atoms with Gasteiger partial charge in [0.1, 0.15) is 5.25 Å². The Labute approximate surface area is 194 Å². The quantitative estimate of drug-likeness (QED) is 0.517. The van der Waals surface area contributed by atoms with Gasteiger partial charge in [-0.1, -0.05) is 61.9 Å². The fourth-order valence-corrected chi connectivity index (χ4v) is 6.49. The fraction of sp³-hybridized carbons (Fsp3) is 0.500. The van der Waals surface area contributed by atoms with Crippen molar-refractivity contribution in [2.24, 2.45) is 0 Å². The van der Waals surface area contributed by atoms with Crippen molar-refractivity contribution >= 4 is 9.84 Å². The Balaban J connectivity index is 2.21. The summed E-state index contributed by atoms with van der Waals surface area (Å²) >= 11 is 0. The molecular formula is C24H31F3N2O3S. The number of hydroxylamine groups is 2. The van der Waals surface area contributed by atoms with E-state index in [1.807, 2.05) is 18.7 Å². The average Bonchev–Trinajstić information content (AvgIpc) is 3.18. The number of alkyl halides is 3. The second kappa shape index (κ2) is 10.1. The monoisotopic (exact) mass is 484 g/mol. The molecule has 182 valence electrons. The van der Waals surface area contributed by atoms with E-state index in [4.69, 9.17) is 4.84 Å². The van der Waals surface area contributed by atoms with Crippen LogP contribution in [0.3, 0.4) is 0 Å². The molecule has 0 unspecified atom stereocenters. The minimum absolute atomic E-state index is 0.0904. The molecule has 4 atom stereocenters. The van der Waals surface area contributed by atoms with Gasteiger partial charge >= 0.3 is 6.18 Å². The van der Waals surface area contributed by atoms with Crippen molar-refractivity contribution in [2.75, 3.05) is 20.6 Å². The second-order valence-corrected chi connectivity index (χ2v) is 10.7. The molecule has 1 fully saturated rings. The number of hydrogen-bond acceptors (Lipinski definition) is 5. The van der Waals surface area contributed by atoms with E-state index in [0.29, 0.717) is 17.5 Å². The zero-order valence-corrected chi connectivity index (χ0v) is 20.1. The molecule has 0 N–H and O–H groups in total. The van der Waals surface area contributed by atoms with Gasteiger partial charge in [0, 0.05) is 12.6 Å². The summed E-state index contributed by atoms with van der Waals surface area (Å²) in [6.45, 7) is 3.94. The Morgan fingerprint density at radius 3 is 2.24 bits per heavy atom. The molecule has 1 aliphatic rings. The molecule has 0 aliphatic carbocycles. The van der Waals surface area contributed by atoms with Crippen molar-refractivity contribution in [3.05, 3.63) is 65.7 Å². The maximum atomic E-state index is 14.2. The molecule has 2 aromatic rings. The Morgan fingerprint density at radius 2 is 1.67 bits per heavy atom. The van der Waals surface area contributed by atoms with E-state index in [9.17, 15) is 21.6 Å². The highest BCUT2D eigenvalue weighted by molar-refractivity contribution is 7.92. The molecular weight excluding hydrogens is 453 g/mol. The third-order valence-corrected chi connectivity index (χ3v) is 8.38. The lowest BCUT2D eigenvalue weighted by molar-refractivity contribution is -0.267. The summed E-state index contributed by atoms with van der Waals surface area (Å²) in [6, 6.07) is 13.3. The van der Waals surface area contributed by atoms with Crippen LogP contribution in [0.5, 0.6) is 0 Å². The van der Waals surface area contributed by atoms with Crippen LogP contribution in [-0.2, 0) is 14.7 Å². The second-order valence-electron chi connectivity index (χ2n) is 8.60. The summed E-state index contributed by atoms with van der Waals surface area (Å²) < 4.78 is 70.6. The van der Waals surface area contributed by atoms with Crippen LogP contribution in [0.2, 0.25) is 0 Å². The molecule has 0 amide bonds. The zero-order valence-electron chi connectivity index (χ0n) is 19.3. The maximum absolute atomic E-state index is 14.2. The number of unbranched alkanes of at least 4 members (excludes halogenated alkanes) is 1. The van der Waals surface area contributed by atoms with Crippen LogP contribution in [0, 0.1) is 0 Å². The van der Waals surface area contributed by atoms with Crippen LogP contribution < -0.4 is 0 Å². The number of rotatable bonds is 8. The predicted molar refractivity (Wildman–Crippen MR) is 121 cm³/mol. The van der Waals surface area contributed by atoms with E-state index in [2.05, 4.69) is 0 Å². The summed E-state index contributed by atoms with van der Waals surface area (Å²) in [5, 5.41) is -0.621. The van der Waals surface area contributed by atoms with Gasteiger partial charge in [0.15, 0.2) is 15.9 Å². The lowest BCUT2D eigenvalue weighted by atomic mass is 10.0. The minimum atomic E-state index is -4.85. The fourth-order valence-electron chi connectivity index (χ4n) is 4.20. The van der Waals surface area contributed by atoms with E-state index >= 15 is 0 Å². The molecule has 3 rings (SSSR count). The third-order valence-electron chi connectivity index (χ3n) is 6.17. The first kappa shape index (κ1) is 25.7. The molecule has 9 heteroatoms. The number of halogens is 3. The minimum Gasteiger partial charge on any atom is -0.303 e. The first-order valence-electron chi connectivity index (χ1n) is 11.0. The van der Waals surface area contributed by atoms with Crippen molar-refractivity contribution in [3.8, 4) is 0 Å². The number of nitrogens with zero attached hydrogens (tertiary/aromatic N) is 2. The van der Waals surface area contributed by atoms with Gasteiger partial charge in [0.05, 0.1) is 10.9 Å². The van der Waals surface area contributed by atoms with Crippen molar-refractivity contribution < 1.29 is 26.4 Å². The summed E-state index contributed by atoms with van der Waals surface area (Å²) in [5.74, 6) is 0. The van der Waals surface area contributed by atoms with Crippen LogP contribution in [0.1, 0.15) is 49.9 Å². The topological polar surface area (TPSA) is 49.9 Å². The third kappa shape index (κ3) is 5.26. The van der Waals surface area contributed by atoms with Gasteiger partial charge in [-0.2, -0.15) is 18.2 Å². The van der Waals surface area contributed by atoms with Crippen molar-refractivity contribution in [2.45, 2.75) is 61.2 Å². The van der Waals surface area contributed by atoms with Gasteiger partial charge in [-0.15, -0.1) is 0 Å². The van der Waals surface area contributed by atoms with Crippen LogP contribution in [0.4, 0.5) is 13.2 Å². The molecule has 0 spiro atoms. The van der Waals surface area contributed by atoms with Gasteiger partial charge in [0.25, 0.3) is 0 Å². The standard InChI is InChI=1S/C24H31F3N2O3S/c1-5-6-16-29-21(18-12-8-7-9-13-18)22(23(32-29)24(25,26)27)33(30,31)20-15-11-10-14-19(20)17(2)28(3)4/h7-15,17,21-23H,5-6,16H2,1-4H3/t17-,21-,22-,23-/m0/s1. The first-order chi connectivity index (χ1) is 15.5. The highest BCUT2D eigenvalue weighted by Crippen LogP contribution is 2.47. The summed E-state index contributed by atoms with van der Waals surface area (Å²) in [7, 11) is -0.857. The molecule has 1 saturated heterocycles. The van der Waals surface area contributed by atoms with Gasteiger partial charge in [-0.05, 0) is 44.6 Å². The summed E-state index contributed by atoms with van der Waals surface area (Å²) in [5.41, 5.74) is 0.939. The number of sulfone groups is 1. The molecule has 2 aromatic carbocycles.